The predicted octanol–water partition coefficient (Wildman–Crippen LogP) is 0.704. The molecule has 5 atom stereocenters. The molecular weight excluding hydrogens is 252 g/mol. The lowest BCUT2D eigenvalue weighted by Crippen LogP contribution is -2.54. The van der Waals surface area contributed by atoms with Crippen molar-refractivity contribution in [2.45, 2.75) is 62.9 Å². The molecule has 0 bridgehead atoms. The molecule has 104 valence electrons. The standard InChI is InChI=1S/C12H22N2O3S/c1-3-5-7-9(15)10(16)8-11(17-7)18-12(14-8)13-6-4-2/h7-11,15-16H,3-6H2,1-2H3,(H,13,14)/t7?,8-,9-,10?,11-/m1/s1. The van der Waals surface area contributed by atoms with Crippen molar-refractivity contribution < 1.29 is 14.9 Å². The molecule has 2 heterocycles. The largest absolute Gasteiger partial charge is 0.388 e. The summed E-state index contributed by atoms with van der Waals surface area (Å²) in [5.41, 5.74) is -0.167. The Labute approximate surface area is 112 Å². The molecule has 2 rings (SSSR count). The monoisotopic (exact) mass is 274 g/mol. The first-order valence-corrected chi connectivity index (χ1v) is 7.55. The fourth-order valence-electron chi connectivity index (χ4n) is 2.27. The molecule has 2 unspecified atom stereocenters. The second-order valence-corrected chi connectivity index (χ2v) is 5.87. The van der Waals surface area contributed by atoms with E-state index in [1.807, 2.05) is 6.92 Å². The highest BCUT2D eigenvalue weighted by atomic mass is 32.2. The fourth-order valence-corrected chi connectivity index (χ4v) is 3.42. The molecule has 0 saturated carbocycles. The van der Waals surface area contributed by atoms with E-state index in [9.17, 15) is 10.2 Å². The van der Waals surface area contributed by atoms with Crippen LogP contribution in [0.1, 0.15) is 33.1 Å². The number of nitrogens with one attached hydrogen (secondary N) is 1. The third kappa shape index (κ3) is 2.82. The van der Waals surface area contributed by atoms with Gasteiger partial charge in [0.1, 0.15) is 23.7 Å². The van der Waals surface area contributed by atoms with Gasteiger partial charge in [0.15, 0.2) is 5.17 Å². The van der Waals surface area contributed by atoms with E-state index in [0.29, 0.717) is 0 Å². The summed E-state index contributed by atoms with van der Waals surface area (Å²) in [6.07, 6.45) is 0.784. The fraction of sp³-hybridized carbons (Fsp3) is 0.917. The molecule has 2 aliphatic rings. The van der Waals surface area contributed by atoms with Crippen LogP contribution >= 0.6 is 11.8 Å². The number of ether oxygens (including phenoxy) is 1. The minimum Gasteiger partial charge on any atom is -0.388 e. The molecule has 1 saturated heterocycles. The van der Waals surface area contributed by atoms with Gasteiger partial charge in [0.05, 0.1) is 6.10 Å². The van der Waals surface area contributed by atoms with Crippen molar-refractivity contribution >= 4 is 16.9 Å². The summed E-state index contributed by atoms with van der Waals surface area (Å²) in [5.74, 6) is 0. The molecule has 0 radical (unpaired) electrons. The molecule has 6 heteroatoms. The SMILES string of the molecule is CCCNC1=N[C@@H]2C(O)[C@H](O)C(CCC)O[C@@H]2S1. The second-order valence-electron chi connectivity index (χ2n) is 4.78. The maximum Gasteiger partial charge on any atom is 0.159 e. The minimum absolute atomic E-state index is 0.167. The number of aliphatic hydroxyl groups is 2. The van der Waals surface area contributed by atoms with Crippen LogP contribution in [-0.2, 0) is 4.74 Å². The van der Waals surface area contributed by atoms with Crippen molar-refractivity contribution in [3.8, 4) is 0 Å². The van der Waals surface area contributed by atoms with Gasteiger partial charge in [-0.2, -0.15) is 0 Å². The van der Waals surface area contributed by atoms with Gasteiger partial charge in [0.25, 0.3) is 0 Å². The number of aliphatic hydroxyl groups excluding tert-OH is 2. The molecule has 0 spiro atoms. The number of hydrogen-bond acceptors (Lipinski definition) is 6. The maximum atomic E-state index is 10.1. The molecule has 2 aliphatic heterocycles. The average Bonchev–Trinajstić information content (AvgIpc) is 2.76. The van der Waals surface area contributed by atoms with Crippen LogP contribution in [0, 0.1) is 0 Å². The van der Waals surface area contributed by atoms with Crippen molar-refractivity contribution in [3.63, 3.8) is 0 Å². The quantitative estimate of drug-likeness (QED) is 0.704. The van der Waals surface area contributed by atoms with Gasteiger partial charge in [-0.3, -0.25) is 4.99 Å². The molecule has 3 N–H and O–H groups in total. The van der Waals surface area contributed by atoms with Crippen molar-refractivity contribution in [2.75, 3.05) is 6.54 Å². The Hall–Kier alpha value is -0.300. The molecule has 0 aromatic heterocycles. The topological polar surface area (TPSA) is 74.1 Å². The zero-order valence-corrected chi connectivity index (χ0v) is 11.7. The van der Waals surface area contributed by atoms with Crippen LogP contribution in [0.2, 0.25) is 0 Å². The molecule has 1 fully saturated rings. The zero-order chi connectivity index (χ0) is 13.1. The lowest BCUT2D eigenvalue weighted by Gasteiger charge is -2.38. The van der Waals surface area contributed by atoms with E-state index >= 15 is 0 Å². The minimum atomic E-state index is -0.832. The van der Waals surface area contributed by atoms with E-state index in [1.54, 1.807) is 0 Å². The van der Waals surface area contributed by atoms with Crippen LogP contribution in [-0.4, -0.2) is 51.7 Å². The first-order valence-electron chi connectivity index (χ1n) is 6.67. The first kappa shape index (κ1) is 14.1. The van der Waals surface area contributed by atoms with E-state index in [1.165, 1.54) is 11.8 Å². The maximum absolute atomic E-state index is 10.1. The van der Waals surface area contributed by atoms with Crippen LogP contribution in [0.15, 0.2) is 4.99 Å². The summed E-state index contributed by atoms with van der Waals surface area (Å²) in [6.45, 7) is 5.00. The first-order chi connectivity index (χ1) is 8.67. The van der Waals surface area contributed by atoms with E-state index in [2.05, 4.69) is 17.2 Å². The van der Waals surface area contributed by atoms with Crippen LogP contribution in [0.25, 0.3) is 0 Å². The molecule has 0 aromatic rings. The molecule has 0 aromatic carbocycles. The summed E-state index contributed by atoms with van der Waals surface area (Å²) in [5, 5.41) is 24.1. The lowest BCUT2D eigenvalue weighted by molar-refractivity contribution is -0.154. The predicted molar refractivity (Wildman–Crippen MR) is 72.7 cm³/mol. The van der Waals surface area contributed by atoms with Gasteiger partial charge in [-0.25, -0.2) is 0 Å². The number of aliphatic imine (C=N–C) groups is 1. The van der Waals surface area contributed by atoms with Crippen LogP contribution in [0.4, 0.5) is 0 Å². The third-order valence-electron chi connectivity index (χ3n) is 3.26. The van der Waals surface area contributed by atoms with Gasteiger partial charge in [-0.05, 0) is 12.8 Å². The van der Waals surface area contributed by atoms with E-state index in [4.69, 9.17) is 4.74 Å². The third-order valence-corrected chi connectivity index (χ3v) is 4.36. The number of thioether (sulfide) groups is 1. The number of fused-ring (bicyclic) bond motifs is 1. The summed E-state index contributed by atoms with van der Waals surface area (Å²) < 4.78 is 5.84. The Kier molecular flexibility index (Phi) is 4.89. The molecule has 5 nitrogen and oxygen atoms in total. The normalized spacial score (nSPS) is 39.3. The van der Waals surface area contributed by atoms with Crippen molar-refractivity contribution in [3.05, 3.63) is 0 Å². The van der Waals surface area contributed by atoms with Gasteiger partial charge in [0, 0.05) is 6.54 Å². The molecular formula is C12H22N2O3S. The number of rotatable bonds is 4. The van der Waals surface area contributed by atoms with E-state index in [0.717, 1.165) is 31.0 Å². The van der Waals surface area contributed by atoms with Crippen molar-refractivity contribution in [1.29, 1.82) is 0 Å². The Balaban J connectivity index is 1.99. The van der Waals surface area contributed by atoms with Crippen LogP contribution in [0.5, 0.6) is 0 Å². The number of hydrogen-bond donors (Lipinski definition) is 3. The van der Waals surface area contributed by atoms with Gasteiger partial charge >= 0.3 is 0 Å². The summed E-state index contributed by atoms with van der Waals surface area (Å²) in [4.78, 5) is 4.41. The van der Waals surface area contributed by atoms with Crippen LogP contribution < -0.4 is 5.32 Å². The highest BCUT2D eigenvalue weighted by molar-refractivity contribution is 8.14. The second kappa shape index (κ2) is 6.23. The van der Waals surface area contributed by atoms with Gasteiger partial charge in [0.2, 0.25) is 0 Å². The molecule has 0 amide bonds. The molecule has 0 aliphatic carbocycles. The molecule has 18 heavy (non-hydrogen) atoms. The van der Waals surface area contributed by atoms with Gasteiger partial charge < -0.3 is 20.3 Å². The summed E-state index contributed by atoms with van der Waals surface area (Å²) in [7, 11) is 0. The highest BCUT2D eigenvalue weighted by Gasteiger charge is 2.47. The smallest absolute Gasteiger partial charge is 0.159 e. The summed E-state index contributed by atoms with van der Waals surface area (Å²) >= 11 is 1.52. The Morgan fingerprint density at radius 2 is 2.06 bits per heavy atom. The Bertz CT molecular complexity index is 314. The van der Waals surface area contributed by atoms with Gasteiger partial charge in [-0.15, -0.1) is 0 Å². The number of amidine groups is 1. The van der Waals surface area contributed by atoms with Crippen molar-refractivity contribution in [1.82, 2.24) is 5.32 Å². The van der Waals surface area contributed by atoms with E-state index < -0.39 is 12.2 Å². The summed E-state index contributed by atoms with van der Waals surface area (Å²) in [6, 6.07) is -0.350. The number of nitrogens with zero attached hydrogens (tertiary/aromatic N) is 1. The van der Waals surface area contributed by atoms with E-state index in [-0.39, 0.29) is 17.6 Å². The van der Waals surface area contributed by atoms with Gasteiger partial charge in [-0.1, -0.05) is 32.0 Å². The zero-order valence-electron chi connectivity index (χ0n) is 10.9. The highest BCUT2D eigenvalue weighted by Crippen LogP contribution is 2.36. The Morgan fingerprint density at radius 3 is 2.72 bits per heavy atom. The Morgan fingerprint density at radius 1 is 1.28 bits per heavy atom. The average molecular weight is 274 g/mol. The van der Waals surface area contributed by atoms with Crippen molar-refractivity contribution in [2.24, 2.45) is 4.99 Å². The lowest BCUT2D eigenvalue weighted by atomic mass is 9.96. The van der Waals surface area contributed by atoms with Crippen LogP contribution in [0.3, 0.4) is 0 Å².